The normalized spacial score (nSPS) is 16.2. The summed E-state index contributed by atoms with van der Waals surface area (Å²) in [5, 5.41) is 6.74. The lowest BCUT2D eigenvalue weighted by Crippen LogP contribution is -2.49. The monoisotopic (exact) mass is 318 g/mol. The third-order valence-corrected chi connectivity index (χ3v) is 4.48. The number of anilines is 1. The Labute approximate surface area is 140 Å². The lowest BCUT2D eigenvalue weighted by Gasteiger charge is -2.29. The Morgan fingerprint density at radius 1 is 1.35 bits per heavy atom. The summed E-state index contributed by atoms with van der Waals surface area (Å²) in [6.07, 6.45) is 1.13. The van der Waals surface area contributed by atoms with E-state index in [4.69, 9.17) is 4.74 Å². The molecule has 1 heterocycles. The number of benzene rings is 1. The number of para-hydroxylation sites is 1. The van der Waals surface area contributed by atoms with Gasteiger partial charge in [0.2, 0.25) is 0 Å². The van der Waals surface area contributed by atoms with Gasteiger partial charge in [-0.05, 0) is 38.8 Å². The number of nitrogens with one attached hydrogen (secondary N) is 2. The van der Waals surface area contributed by atoms with E-state index in [0.29, 0.717) is 12.6 Å². The highest BCUT2D eigenvalue weighted by atomic mass is 16.5. The van der Waals surface area contributed by atoms with E-state index in [0.717, 1.165) is 25.5 Å². The molecule has 5 nitrogen and oxygen atoms in total. The van der Waals surface area contributed by atoms with Crippen molar-refractivity contribution >= 4 is 11.6 Å². The predicted octanol–water partition coefficient (Wildman–Crippen LogP) is 2.03. The first-order valence-corrected chi connectivity index (χ1v) is 8.31. The number of fused-ring (bicyclic) bond motifs is 1. The molecule has 128 valence electrons. The molecule has 0 spiro atoms. The van der Waals surface area contributed by atoms with E-state index in [9.17, 15) is 0 Å². The highest BCUT2D eigenvalue weighted by Gasteiger charge is 2.23. The number of aliphatic imine (C=N–C) groups is 1. The van der Waals surface area contributed by atoms with Crippen molar-refractivity contribution in [2.24, 2.45) is 4.99 Å². The van der Waals surface area contributed by atoms with Gasteiger partial charge in [-0.3, -0.25) is 4.99 Å². The molecule has 1 aromatic rings. The molecule has 2 N–H and O–H groups in total. The van der Waals surface area contributed by atoms with Gasteiger partial charge in [-0.2, -0.15) is 0 Å². The maximum atomic E-state index is 5.42. The Morgan fingerprint density at radius 2 is 2.09 bits per heavy atom. The third kappa shape index (κ3) is 4.61. The summed E-state index contributed by atoms with van der Waals surface area (Å²) in [5.41, 5.74) is 2.60. The van der Waals surface area contributed by atoms with Crippen LogP contribution in [-0.2, 0) is 11.2 Å². The molecule has 0 radical (unpaired) electrons. The van der Waals surface area contributed by atoms with E-state index in [1.54, 1.807) is 14.2 Å². The first-order chi connectivity index (χ1) is 11.0. The highest BCUT2D eigenvalue weighted by molar-refractivity contribution is 5.79. The third-order valence-electron chi connectivity index (χ3n) is 4.48. The number of hydrogen-bond donors (Lipinski definition) is 2. The maximum Gasteiger partial charge on any atom is 0.191 e. The van der Waals surface area contributed by atoms with Crippen LogP contribution in [-0.4, -0.2) is 51.4 Å². The fourth-order valence-electron chi connectivity index (χ4n) is 2.77. The van der Waals surface area contributed by atoms with Crippen LogP contribution in [0.5, 0.6) is 0 Å². The Bertz CT molecular complexity index is 542. The van der Waals surface area contributed by atoms with Crippen LogP contribution < -0.4 is 15.5 Å². The number of methoxy groups -OCH3 is 1. The van der Waals surface area contributed by atoms with Crippen molar-refractivity contribution < 1.29 is 4.74 Å². The van der Waals surface area contributed by atoms with Crippen molar-refractivity contribution in [2.75, 3.05) is 38.7 Å². The van der Waals surface area contributed by atoms with Crippen molar-refractivity contribution in [1.29, 1.82) is 0 Å². The molecule has 2 rings (SSSR count). The molecule has 0 saturated heterocycles. The SMILES string of the molecule is CN=C(NCC(C)N1CCc2ccccc21)NCC(C)(C)OC. The first kappa shape index (κ1) is 17.6. The molecule has 1 aliphatic heterocycles. The van der Waals surface area contributed by atoms with E-state index < -0.39 is 0 Å². The molecule has 1 aliphatic rings. The zero-order valence-corrected chi connectivity index (χ0v) is 15.0. The maximum absolute atomic E-state index is 5.42. The molecule has 1 aromatic carbocycles. The molecule has 1 atom stereocenters. The number of hydrogen-bond acceptors (Lipinski definition) is 3. The minimum atomic E-state index is -0.211. The van der Waals surface area contributed by atoms with Gasteiger partial charge in [0.05, 0.1) is 5.60 Å². The van der Waals surface area contributed by atoms with Gasteiger partial charge in [0.15, 0.2) is 5.96 Å². The van der Waals surface area contributed by atoms with Crippen molar-refractivity contribution in [3.63, 3.8) is 0 Å². The second-order valence-corrected chi connectivity index (χ2v) is 6.69. The van der Waals surface area contributed by atoms with Crippen LogP contribution in [0, 0.1) is 0 Å². The zero-order chi connectivity index (χ0) is 16.9. The minimum Gasteiger partial charge on any atom is -0.377 e. The van der Waals surface area contributed by atoms with Crippen LogP contribution in [0.4, 0.5) is 5.69 Å². The average Bonchev–Trinajstić information content (AvgIpc) is 2.99. The Hall–Kier alpha value is -1.75. The summed E-state index contributed by atoms with van der Waals surface area (Å²) in [6, 6.07) is 9.09. The second kappa shape index (κ2) is 7.68. The molecule has 0 fully saturated rings. The summed E-state index contributed by atoms with van der Waals surface area (Å²) in [4.78, 5) is 6.76. The number of ether oxygens (including phenoxy) is 1. The fourth-order valence-corrected chi connectivity index (χ4v) is 2.77. The lowest BCUT2D eigenvalue weighted by molar-refractivity contribution is 0.0268. The van der Waals surface area contributed by atoms with Gasteiger partial charge in [0, 0.05) is 45.5 Å². The number of guanidine groups is 1. The van der Waals surface area contributed by atoms with Crippen molar-refractivity contribution in [2.45, 2.75) is 38.8 Å². The van der Waals surface area contributed by atoms with Crippen LogP contribution in [0.2, 0.25) is 0 Å². The van der Waals surface area contributed by atoms with Crippen LogP contribution in [0.25, 0.3) is 0 Å². The molecule has 0 saturated carbocycles. The zero-order valence-electron chi connectivity index (χ0n) is 15.0. The van der Waals surface area contributed by atoms with Crippen LogP contribution >= 0.6 is 0 Å². The van der Waals surface area contributed by atoms with Gasteiger partial charge >= 0.3 is 0 Å². The molecular formula is C18H30N4O. The van der Waals surface area contributed by atoms with Gasteiger partial charge in [0.25, 0.3) is 0 Å². The molecule has 0 bridgehead atoms. The Kier molecular flexibility index (Phi) is 5.88. The molecule has 1 unspecified atom stereocenters. The van der Waals surface area contributed by atoms with Gasteiger partial charge in [-0.15, -0.1) is 0 Å². The van der Waals surface area contributed by atoms with E-state index in [1.165, 1.54) is 11.3 Å². The van der Waals surface area contributed by atoms with Crippen molar-refractivity contribution in [3.8, 4) is 0 Å². The molecule has 5 heteroatoms. The van der Waals surface area contributed by atoms with Gasteiger partial charge in [0.1, 0.15) is 0 Å². The van der Waals surface area contributed by atoms with Crippen LogP contribution in [0.15, 0.2) is 29.3 Å². The first-order valence-electron chi connectivity index (χ1n) is 8.31. The second-order valence-electron chi connectivity index (χ2n) is 6.69. The average molecular weight is 318 g/mol. The number of rotatable bonds is 6. The fraction of sp³-hybridized carbons (Fsp3) is 0.611. The molecule has 0 amide bonds. The summed E-state index contributed by atoms with van der Waals surface area (Å²) >= 11 is 0. The quantitative estimate of drug-likeness (QED) is 0.622. The van der Waals surface area contributed by atoms with Gasteiger partial charge in [-0.25, -0.2) is 0 Å². The van der Waals surface area contributed by atoms with Crippen molar-refractivity contribution in [3.05, 3.63) is 29.8 Å². The molecular weight excluding hydrogens is 288 g/mol. The minimum absolute atomic E-state index is 0.211. The largest absolute Gasteiger partial charge is 0.377 e. The van der Waals surface area contributed by atoms with Crippen molar-refractivity contribution in [1.82, 2.24) is 10.6 Å². The van der Waals surface area contributed by atoms with E-state index in [2.05, 4.69) is 65.6 Å². The summed E-state index contributed by atoms with van der Waals surface area (Å²) < 4.78 is 5.42. The van der Waals surface area contributed by atoms with Crippen LogP contribution in [0.1, 0.15) is 26.3 Å². The Morgan fingerprint density at radius 3 is 2.78 bits per heavy atom. The molecule has 23 heavy (non-hydrogen) atoms. The topological polar surface area (TPSA) is 48.9 Å². The summed E-state index contributed by atoms with van der Waals surface area (Å²) in [6.45, 7) is 9.01. The number of nitrogens with zero attached hydrogens (tertiary/aromatic N) is 2. The van der Waals surface area contributed by atoms with Gasteiger partial charge in [-0.1, -0.05) is 18.2 Å². The predicted molar refractivity (Wildman–Crippen MR) is 97.4 cm³/mol. The van der Waals surface area contributed by atoms with E-state index in [-0.39, 0.29) is 5.60 Å². The smallest absolute Gasteiger partial charge is 0.191 e. The van der Waals surface area contributed by atoms with Crippen LogP contribution in [0.3, 0.4) is 0 Å². The van der Waals surface area contributed by atoms with E-state index >= 15 is 0 Å². The Balaban J connectivity index is 1.85. The van der Waals surface area contributed by atoms with E-state index in [1.807, 2.05) is 0 Å². The summed E-state index contributed by atoms with van der Waals surface area (Å²) in [5.74, 6) is 0.814. The van der Waals surface area contributed by atoms with Gasteiger partial charge < -0.3 is 20.3 Å². The summed E-state index contributed by atoms with van der Waals surface area (Å²) in [7, 11) is 3.52. The molecule has 0 aromatic heterocycles. The molecule has 0 aliphatic carbocycles. The lowest BCUT2D eigenvalue weighted by atomic mass is 10.1. The highest BCUT2D eigenvalue weighted by Crippen LogP contribution is 2.28. The standard InChI is InChI=1S/C18H30N4O/c1-14(22-11-10-15-8-6-7-9-16(15)22)12-20-17(19-4)21-13-18(2,3)23-5/h6-9,14H,10-13H2,1-5H3,(H2,19,20,21).